The van der Waals surface area contributed by atoms with Crippen molar-refractivity contribution in [2.45, 2.75) is 27.7 Å². The standard InChI is InChI=1S/C28H27NO2/c1-18-5-9-25(13-20(18)3)29(26-10-6-19(2)21(4)14-26)24-11-7-22(8-12-24)23-15-27(30)17-28(31)16-23/h5-17,30-31H,1-4H3. The van der Waals surface area contributed by atoms with E-state index in [1.807, 2.05) is 12.1 Å². The van der Waals surface area contributed by atoms with Crippen LogP contribution in [0.2, 0.25) is 0 Å². The summed E-state index contributed by atoms with van der Waals surface area (Å²) in [5, 5.41) is 19.6. The summed E-state index contributed by atoms with van der Waals surface area (Å²) in [6, 6.07) is 25.8. The molecule has 0 aliphatic carbocycles. The van der Waals surface area contributed by atoms with Crippen LogP contribution in [0.1, 0.15) is 22.3 Å². The summed E-state index contributed by atoms with van der Waals surface area (Å²) in [7, 11) is 0. The van der Waals surface area contributed by atoms with Crippen LogP contribution in [0.3, 0.4) is 0 Å². The minimum atomic E-state index is 0.0472. The highest BCUT2D eigenvalue weighted by molar-refractivity contribution is 5.79. The first-order valence-corrected chi connectivity index (χ1v) is 10.4. The first-order chi connectivity index (χ1) is 14.8. The van der Waals surface area contributed by atoms with Crippen molar-refractivity contribution in [2.75, 3.05) is 4.90 Å². The van der Waals surface area contributed by atoms with Gasteiger partial charge in [0.05, 0.1) is 0 Å². The van der Waals surface area contributed by atoms with E-state index in [2.05, 4.69) is 81.1 Å². The molecule has 0 unspecified atom stereocenters. The Bertz CT molecular complexity index is 1170. The first kappa shape index (κ1) is 20.5. The minimum Gasteiger partial charge on any atom is -0.508 e. The van der Waals surface area contributed by atoms with Crippen molar-refractivity contribution in [3.63, 3.8) is 0 Å². The van der Waals surface area contributed by atoms with Gasteiger partial charge in [-0.3, -0.25) is 0 Å². The van der Waals surface area contributed by atoms with E-state index in [0.717, 1.165) is 28.2 Å². The van der Waals surface area contributed by atoms with E-state index in [-0.39, 0.29) is 11.5 Å². The highest BCUT2D eigenvalue weighted by atomic mass is 16.3. The molecule has 0 bridgehead atoms. The highest BCUT2D eigenvalue weighted by Crippen LogP contribution is 2.37. The van der Waals surface area contributed by atoms with E-state index in [9.17, 15) is 10.2 Å². The number of nitrogens with zero attached hydrogens (tertiary/aromatic N) is 1. The zero-order valence-corrected chi connectivity index (χ0v) is 18.3. The number of aryl methyl sites for hydroxylation is 4. The van der Waals surface area contributed by atoms with Gasteiger partial charge in [0.15, 0.2) is 0 Å². The molecule has 3 heteroatoms. The van der Waals surface area contributed by atoms with Crippen LogP contribution in [-0.2, 0) is 0 Å². The normalized spacial score (nSPS) is 10.8. The van der Waals surface area contributed by atoms with Gasteiger partial charge in [-0.25, -0.2) is 0 Å². The maximum atomic E-state index is 9.82. The van der Waals surface area contributed by atoms with Crippen molar-refractivity contribution in [1.29, 1.82) is 0 Å². The molecule has 31 heavy (non-hydrogen) atoms. The SMILES string of the molecule is Cc1ccc(N(c2ccc(-c3cc(O)cc(O)c3)cc2)c2ccc(C)c(C)c2)cc1C. The van der Waals surface area contributed by atoms with E-state index in [1.54, 1.807) is 12.1 Å². The zero-order valence-electron chi connectivity index (χ0n) is 18.3. The lowest BCUT2D eigenvalue weighted by molar-refractivity contribution is 0.451. The topological polar surface area (TPSA) is 43.7 Å². The van der Waals surface area contributed by atoms with E-state index in [0.29, 0.717) is 0 Å². The zero-order chi connectivity index (χ0) is 22.1. The second-order valence-electron chi connectivity index (χ2n) is 8.16. The van der Waals surface area contributed by atoms with Crippen LogP contribution in [0.15, 0.2) is 78.9 Å². The van der Waals surface area contributed by atoms with Gasteiger partial charge in [-0.15, -0.1) is 0 Å². The molecule has 0 aliphatic heterocycles. The minimum absolute atomic E-state index is 0.0472. The molecule has 0 fully saturated rings. The Labute approximate surface area is 183 Å². The van der Waals surface area contributed by atoms with Gasteiger partial charge >= 0.3 is 0 Å². The van der Waals surface area contributed by atoms with Gasteiger partial charge < -0.3 is 15.1 Å². The molecule has 0 radical (unpaired) electrons. The Morgan fingerprint density at radius 1 is 0.452 bits per heavy atom. The third-order valence-corrected chi connectivity index (χ3v) is 5.86. The molecule has 4 aromatic carbocycles. The van der Waals surface area contributed by atoms with Crippen molar-refractivity contribution < 1.29 is 10.2 Å². The molecule has 0 spiro atoms. The fourth-order valence-electron chi connectivity index (χ4n) is 3.74. The number of phenolic OH excluding ortho intramolecular Hbond substituents is 2. The predicted molar refractivity (Wildman–Crippen MR) is 129 cm³/mol. The molecule has 2 N–H and O–H groups in total. The van der Waals surface area contributed by atoms with Crippen LogP contribution >= 0.6 is 0 Å². The third kappa shape index (κ3) is 4.26. The van der Waals surface area contributed by atoms with Crippen molar-refractivity contribution >= 4 is 17.1 Å². The Balaban J connectivity index is 1.81. The van der Waals surface area contributed by atoms with Gasteiger partial charge in [0.2, 0.25) is 0 Å². The molecule has 0 aromatic heterocycles. The maximum absolute atomic E-state index is 9.82. The van der Waals surface area contributed by atoms with Gasteiger partial charge in [-0.05, 0) is 110 Å². The van der Waals surface area contributed by atoms with Crippen molar-refractivity contribution in [3.8, 4) is 22.6 Å². The summed E-state index contributed by atoms with van der Waals surface area (Å²) in [6.45, 7) is 8.52. The summed E-state index contributed by atoms with van der Waals surface area (Å²) in [6.07, 6.45) is 0. The summed E-state index contributed by atoms with van der Waals surface area (Å²) < 4.78 is 0. The number of hydrogen-bond acceptors (Lipinski definition) is 3. The van der Waals surface area contributed by atoms with Gasteiger partial charge in [-0.2, -0.15) is 0 Å². The van der Waals surface area contributed by atoms with Gasteiger partial charge in [-0.1, -0.05) is 24.3 Å². The number of phenols is 2. The quantitative estimate of drug-likeness (QED) is 0.367. The molecular weight excluding hydrogens is 382 g/mol. The van der Waals surface area contributed by atoms with E-state index in [4.69, 9.17) is 0 Å². The molecule has 0 atom stereocenters. The Morgan fingerprint density at radius 2 is 0.903 bits per heavy atom. The van der Waals surface area contributed by atoms with Crippen LogP contribution in [0.5, 0.6) is 11.5 Å². The van der Waals surface area contributed by atoms with Crippen LogP contribution in [0.25, 0.3) is 11.1 Å². The van der Waals surface area contributed by atoms with Gasteiger partial charge in [0.1, 0.15) is 11.5 Å². The van der Waals surface area contributed by atoms with Crippen molar-refractivity contribution in [2.24, 2.45) is 0 Å². The fourth-order valence-corrected chi connectivity index (χ4v) is 3.74. The van der Waals surface area contributed by atoms with Crippen LogP contribution in [-0.4, -0.2) is 10.2 Å². The third-order valence-electron chi connectivity index (χ3n) is 5.86. The fraction of sp³-hybridized carbons (Fsp3) is 0.143. The van der Waals surface area contributed by atoms with Gasteiger partial charge in [0, 0.05) is 23.1 Å². The lowest BCUT2D eigenvalue weighted by atomic mass is 10.0. The first-order valence-electron chi connectivity index (χ1n) is 10.4. The van der Waals surface area contributed by atoms with Crippen molar-refractivity contribution in [3.05, 3.63) is 101 Å². The highest BCUT2D eigenvalue weighted by Gasteiger charge is 2.14. The summed E-state index contributed by atoms with van der Waals surface area (Å²) in [5.41, 5.74) is 9.98. The molecule has 0 saturated carbocycles. The van der Waals surface area contributed by atoms with E-state index >= 15 is 0 Å². The molecule has 4 rings (SSSR count). The maximum Gasteiger partial charge on any atom is 0.119 e. The average molecular weight is 410 g/mol. The molecule has 0 amide bonds. The monoisotopic (exact) mass is 409 g/mol. The number of anilines is 3. The molecule has 0 heterocycles. The number of benzene rings is 4. The molecule has 156 valence electrons. The van der Waals surface area contributed by atoms with E-state index < -0.39 is 0 Å². The molecular formula is C28H27NO2. The second-order valence-corrected chi connectivity index (χ2v) is 8.16. The van der Waals surface area contributed by atoms with Gasteiger partial charge in [0.25, 0.3) is 0 Å². The average Bonchev–Trinajstić information content (AvgIpc) is 2.73. The molecule has 4 aromatic rings. The van der Waals surface area contributed by atoms with Crippen LogP contribution < -0.4 is 4.90 Å². The number of aromatic hydroxyl groups is 2. The molecule has 3 nitrogen and oxygen atoms in total. The van der Waals surface area contributed by atoms with Crippen LogP contribution in [0.4, 0.5) is 17.1 Å². The predicted octanol–water partition coefficient (Wildman–Crippen LogP) is 7.47. The summed E-state index contributed by atoms with van der Waals surface area (Å²) in [4.78, 5) is 2.25. The number of rotatable bonds is 4. The smallest absolute Gasteiger partial charge is 0.119 e. The van der Waals surface area contributed by atoms with Crippen molar-refractivity contribution in [1.82, 2.24) is 0 Å². The molecule has 0 aliphatic rings. The second kappa shape index (κ2) is 8.19. The Morgan fingerprint density at radius 3 is 1.35 bits per heavy atom. The number of hydrogen-bond donors (Lipinski definition) is 2. The largest absolute Gasteiger partial charge is 0.508 e. The lowest BCUT2D eigenvalue weighted by Gasteiger charge is -2.27. The summed E-state index contributed by atoms with van der Waals surface area (Å²) >= 11 is 0. The lowest BCUT2D eigenvalue weighted by Crippen LogP contribution is -2.10. The van der Waals surface area contributed by atoms with Crippen LogP contribution in [0, 0.1) is 27.7 Å². The summed E-state index contributed by atoms with van der Waals surface area (Å²) in [5.74, 6) is 0.0944. The molecule has 0 saturated heterocycles. The Hall–Kier alpha value is -3.72. The van der Waals surface area contributed by atoms with E-state index in [1.165, 1.54) is 28.3 Å². The Kier molecular flexibility index (Phi) is 5.43.